The van der Waals surface area contributed by atoms with Gasteiger partial charge in [0, 0.05) is 38.6 Å². The van der Waals surface area contributed by atoms with Crippen LogP contribution in [0.5, 0.6) is 5.88 Å². The summed E-state index contributed by atoms with van der Waals surface area (Å²) in [4.78, 5) is 25.4. The van der Waals surface area contributed by atoms with Gasteiger partial charge in [0.15, 0.2) is 5.82 Å². The molecule has 2 heterocycles. The van der Waals surface area contributed by atoms with Crippen molar-refractivity contribution in [3.8, 4) is 5.88 Å². The molecule has 3 rings (SSSR count). The van der Waals surface area contributed by atoms with Crippen LogP contribution in [0.3, 0.4) is 0 Å². The molecule has 0 N–H and O–H groups in total. The number of amides is 1. The summed E-state index contributed by atoms with van der Waals surface area (Å²) in [6.07, 6.45) is 5.01. The van der Waals surface area contributed by atoms with Crippen LogP contribution in [0.25, 0.3) is 0 Å². The largest absolute Gasteiger partial charge is 0.470 e. The normalized spacial score (nSPS) is 17.3. The average molecular weight is 383 g/mol. The van der Waals surface area contributed by atoms with Gasteiger partial charge < -0.3 is 14.5 Å². The lowest BCUT2D eigenvalue weighted by Crippen LogP contribution is -2.44. The molecule has 1 aromatic carbocycles. The van der Waals surface area contributed by atoms with E-state index in [-0.39, 0.29) is 17.4 Å². The lowest BCUT2D eigenvalue weighted by Gasteiger charge is -2.33. The van der Waals surface area contributed by atoms with Crippen LogP contribution in [0, 0.1) is 0 Å². The molecule has 1 amide bonds. The molecule has 0 saturated carbocycles. The van der Waals surface area contributed by atoms with Crippen LogP contribution in [0.1, 0.15) is 49.5 Å². The summed E-state index contributed by atoms with van der Waals surface area (Å²) < 4.78 is 6.12. The molecule has 6 nitrogen and oxygen atoms in total. The summed E-state index contributed by atoms with van der Waals surface area (Å²) in [6.45, 7) is 7.82. The molecule has 0 aliphatic carbocycles. The molecule has 1 aliphatic rings. The highest BCUT2D eigenvalue weighted by Crippen LogP contribution is 2.26. The number of aromatic nitrogens is 2. The van der Waals surface area contributed by atoms with Crippen molar-refractivity contribution >= 4 is 11.7 Å². The first kappa shape index (κ1) is 20.1. The fourth-order valence-electron chi connectivity index (χ4n) is 3.38. The molecule has 28 heavy (non-hydrogen) atoms. The van der Waals surface area contributed by atoms with E-state index < -0.39 is 0 Å². The second-order valence-electron chi connectivity index (χ2n) is 8.54. The third-order valence-corrected chi connectivity index (χ3v) is 5.01. The second kappa shape index (κ2) is 8.17. The minimum absolute atomic E-state index is 0.0562. The molecule has 6 heteroatoms. The maximum absolute atomic E-state index is 13.0. The van der Waals surface area contributed by atoms with Gasteiger partial charge in [0.1, 0.15) is 6.10 Å². The molecule has 1 aliphatic heterocycles. The van der Waals surface area contributed by atoms with Gasteiger partial charge in [-0.2, -0.15) is 0 Å². The first-order valence-electron chi connectivity index (χ1n) is 9.80. The maximum atomic E-state index is 13.0. The lowest BCUT2D eigenvalue weighted by molar-refractivity contribution is 0.0528. The van der Waals surface area contributed by atoms with E-state index in [0.717, 1.165) is 24.9 Å². The van der Waals surface area contributed by atoms with E-state index in [4.69, 9.17) is 4.74 Å². The van der Waals surface area contributed by atoms with Gasteiger partial charge >= 0.3 is 0 Å². The SMILES string of the molecule is CN(C)c1nccnc1OC1CCCN(C(=O)c2ccc(C(C)(C)C)cc2)C1. The Hall–Kier alpha value is -2.63. The number of nitrogens with zero attached hydrogens (tertiary/aromatic N) is 4. The van der Waals surface area contributed by atoms with Crippen LogP contribution in [0.4, 0.5) is 5.82 Å². The van der Waals surface area contributed by atoms with Crippen LogP contribution >= 0.6 is 0 Å². The van der Waals surface area contributed by atoms with Crippen LogP contribution in [0.2, 0.25) is 0 Å². The summed E-state index contributed by atoms with van der Waals surface area (Å²) in [5.74, 6) is 1.27. The molecule has 1 saturated heterocycles. The highest BCUT2D eigenvalue weighted by atomic mass is 16.5. The quantitative estimate of drug-likeness (QED) is 0.810. The topological polar surface area (TPSA) is 58.6 Å². The van der Waals surface area contributed by atoms with E-state index in [1.54, 1.807) is 12.4 Å². The van der Waals surface area contributed by atoms with Crippen molar-refractivity contribution < 1.29 is 9.53 Å². The molecular formula is C22H30N4O2. The molecule has 1 atom stereocenters. The number of carbonyl (C=O) groups is 1. The highest BCUT2D eigenvalue weighted by Gasteiger charge is 2.27. The molecule has 1 fully saturated rings. The molecular weight excluding hydrogens is 352 g/mol. The van der Waals surface area contributed by atoms with E-state index >= 15 is 0 Å². The van der Waals surface area contributed by atoms with Gasteiger partial charge in [-0.25, -0.2) is 9.97 Å². The zero-order chi connectivity index (χ0) is 20.3. The van der Waals surface area contributed by atoms with Crippen molar-refractivity contribution in [2.24, 2.45) is 0 Å². The van der Waals surface area contributed by atoms with Gasteiger partial charge in [0.2, 0.25) is 0 Å². The first-order valence-corrected chi connectivity index (χ1v) is 9.80. The number of piperidine rings is 1. The minimum Gasteiger partial charge on any atom is -0.470 e. The fourth-order valence-corrected chi connectivity index (χ4v) is 3.38. The monoisotopic (exact) mass is 382 g/mol. The summed E-state index contributed by atoms with van der Waals surface area (Å²) in [5, 5.41) is 0. The number of hydrogen-bond acceptors (Lipinski definition) is 5. The third-order valence-electron chi connectivity index (χ3n) is 5.01. The zero-order valence-corrected chi connectivity index (χ0v) is 17.5. The van der Waals surface area contributed by atoms with Crippen LogP contribution < -0.4 is 9.64 Å². The van der Waals surface area contributed by atoms with Crippen molar-refractivity contribution in [2.75, 3.05) is 32.1 Å². The zero-order valence-electron chi connectivity index (χ0n) is 17.5. The van der Waals surface area contributed by atoms with Gasteiger partial charge in [-0.3, -0.25) is 4.79 Å². The van der Waals surface area contributed by atoms with Gasteiger partial charge in [-0.15, -0.1) is 0 Å². The lowest BCUT2D eigenvalue weighted by atomic mass is 9.86. The second-order valence-corrected chi connectivity index (χ2v) is 8.54. The Kier molecular flexibility index (Phi) is 5.87. The van der Waals surface area contributed by atoms with E-state index in [2.05, 4.69) is 30.7 Å². The van der Waals surface area contributed by atoms with E-state index in [1.165, 1.54) is 5.56 Å². The minimum atomic E-state index is -0.0815. The smallest absolute Gasteiger partial charge is 0.257 e. The number of hydrogen-bond donors (Lipinski definition) is 0. The summed E-state index contributed by atoms with van der Waals surface area (Å²) in [6, 6.07) is 7.96. The molecule has 1 unspecified atom stereocenters. The molecule has 1 aromatic heterocycles. The van der Waals surface area contributed by atoms with E-state index in [1.807, 2.05) is 48.2 Å². The Bertz CT molecular complexity index is 812. The number of anilines is 1. The molecule has 150 valence electrons. The number of benzene rings is 1. The molecule has 0 spiro atoms. The third kappa shape index (κ3) is 4.61. The summed E-state index contributed by atoms with van der Waals surface area (Å²) >= 11 is 0. The van der Waals surface area contributed by atoms with Crippen LogP contribution in [-0.2, 0) is 5.41 Å². The number of rotatable bonds is 4. The standard InChI is InChI=1S/C22H30N4O2/c1-22(2,3)17-10-8-16(9-11-17)21(27)26-14-6-7-18(15-26)28-20-19(25(4)5)23-12-13-24-20/h8-13,18H,6-7,14-15H2,1-5H3. The number of likely N-dealkylation sites (tertiary alicyclic amines) is 1. The van der Waals surface area contributed by atoms with Crippen molar-refractivity contribution in [2.45, 2.75) is 45.1 Å². The van der Waals surface area contributed by atoms with Crippen molar-refractivity contribution in [1.29, 1.82) is 0 Å². The van der Waals surface area contributed by atoms with Crippen LogP contribution in [-0.4, -0.2) is 54.1 Å². The predicted octanol–water partition coefficient (Wildman–Crippen LogP) is 3.52. The Balaban J connectivity index is 1.69. The molecule has 0 bridgehead atoms. The van der Waals surface area contributed by atoms with Gasteiger partial charge in [-0.1, -0.05) is 32.9 Å². The van der Waals surface area contributed by atoms with Crippen molar-refractivity contribution in [3.63, 3.8) is 0 Å². The van der Waals surface area contributed by atoms with E-state index in [0.29, 0.717) is 18.2 Å². The number of carbonyl (C=O) groups excluding carboxylic acids is 1. The maximum Gasteiger partial charge on any atom is 0.257 e. The van der Waals surface area contributed by atoms with Gasteiger partial charge in [0.25, 0.3) is 11.8 Å². The summed E-state index contributed by atoms with van der Waals surface area (Å²) in [5.41, 5.74) is 2.02. The first-order chi connectivity index (χ1) is 13.3. The Morgan fingerprint density at radius 2 is 1.82 bits per heavy atom. The Morgan fingerprint density at radius 3 is 2.46 bits per heavy atom. The summed E-state index contributed by atoms with van der Waals surface area (Å²) in [7, 11) is 3.82. The van der Waals surface area contributed by atoms with Crippen LogP contribution in [0.15, 0.2) is 36.7 Å². The predicted molar refractivity (Wildman–Crippen MR) is 111 cm³/mol. The van der Waals surface area contributed by atoms with Gasteiger partial charge in [0.05, 0.1) is 6.54 Å². The Morgan fingerprint density at radius 1 is 1.14 bits per heavy atom. The fraction of sp³-hybridized carbons (Fsp3) is 0.500. The molecule has 2 aromatic rings. The average Bonchev–Trinajstić information content (AvgIpc) is 2.67. The number of ether oxygens (including phenoxy) is 1. The Labute approximate surface area is 167 Å². The molecule has 0 radical (unpaired) electrons. The van der Waals surface area contributed by atoms with Gasteiger partial charge in [-0.05, 0) is 36.0 Å². The highest BCUT2D eigenvalue weighted by molar-refractivity contribution is 5.94. The van der Waals surface area contributed by atoms with Crippen molar-refractivity contribution in [3.05, 3.63) is 47.8 Å². The van der Waals surface area contributed by atoms with Crippen molar-refractivity contribution in [1.82, 2.24) is 14.9 Å². The van der Waals surface area contributed by atoms with E-state index in [9.17, 15) is 4.79 Å².